The molecule has 1 heterocycles. The molecule has 94 valence electrons. The lowest BCUT2D eigenvalue weighted by molar-refractivity contribution is 0.0660. The number of halogens is 1. The minimum atomic E-state index is -1.14. The van der Waals surface area contributed by atoms with Crippen LogP contribution in [0.25, 0.3) is 0 Å². The van der Waals surface area contributed by atoms with Crippen molar-refractivity contribution < 1.29 is 19.1 Å². The molecule has 0 saturated heterocycles. The number of aromatic nitrogens is 1. The summed E-state index contributed by atoms with van der Waals surface area (Å²) in [5.41, 5.74) is 0.861. The van der Waals surface area contributed by atoms with Gasteiger partial charge in [0.05, 0.1) is 18.3 Å². The molecule has 0 bridgehead atoms. The highest BCUT2D eigenvalue weighted by Crippen LogP contribution is 2.25. The van der Waals surface area contributed by atoms with Gasteiger partial charge in [0.1, 0.15) is 5.75 Å². The number of benzene rings is 1. The van der Waals surface area contributed by atoms with Gasteiger partial charge >= 0.3 is 5.97 Å². The predicted octanol–water partition coefficient (Wildman–Crippen LogP) is 2.63. The molecule has 6 heteroatoms. The first-order chi connectivity index (χ1) is 8.60. The van der Waals surface area contributed by atoms with Gasteiger partial charge in [-0.2, -0.15) is 0 Å². The highest BCUT2D eigenvalue weighted by molar-refractivity contribution is 6.32. The maximum atomic E-state index is 10.6. The monoisotopic (exact) mass is 267 g/mol. The van der Waals surface area contributed by atoms with Crippen LogP contribution in [0.15, 0.2) is 28.8 Å². The van der Waals surface area contributed by atoms with Crippen LogP contribution < -0.4 is 4.74 Å². The highest BCUT2D eigenvalue weighted by Gasteiger charge is 2.11. The van der Waals surface area contributed by atoms with Crippen LogP contribution in [0.4, 0.5) is 0 Å². The second kappa shape index (κ2) is 5.10. The summed E-state index contributed by atoms with van der Waals surface area (Å²) in [5, 5.41) is 9.19. The zero-order chi connectivity index (χ0) is 13.1. The summed E-state index contributed by atoms with van der Waals surface area (Å²) < 4.78 is 10.1. The molecule has 0 unspecified atom stereocenters. The fourth-order valence-corrected chi connectivity index (χ4v) is 1.77. The number of carboxylic acids is 1. The lowest BCUT2D eigenvalue weighted by Gasteiger charge is -2.04. The van der Waals surface area contributed by atoms with Gasteiger partial charge in [0.15, 0.2) is 5.89 Å². The third-order valence-electron chi connectivity index (χ3n) is 2.34. The summed E-state index contributed by atoms with van der Waals surface area (Å²) in [5.74, 6) is -0.404. The SMILES string of the molecule is COc1ccc(Cc2ncc(C(=O)O)o2)cc1Cl. The van der Waals surface area contributed by atoms with Crippen LogP contribution in [0.1, 0.15) is 22.0 Å². The minimum absolute atomic E-state index is 0.176. The number of hydrogen-bond acceptors (Lipinski definition) is 4. The molecular weight excluding hydrogens is 258 g/mol. The zero-order valence-corrected chi connectivity index (χ0v) is 10.3. The first-order valence-electron chi connectivity index (χ1n) is 5.10. The molecule has 0 radical (unpaired) electrons. The van der Waals surface area contributed by atoms with Crippen molar-refractivity contribution in [1.29, 1.82) is 0 Å². The third kappa shape index (κ3) is 2.62. The first-order valence-corrected chi connectivity index (χ1v) is 5.48. The fourth-order valence-electron chi connectivity index (χ4n) is 1.49. The molecule has 18 heavy (non-hydrogen) atoms. The van der Waals surface area contributed by atoms with Gasteiger partial charge in [-0.3, -0.25) is 0 Å². The second-order valence-corrected chi connectivity index (χ2v) is 3.98. The van der Waals surface area contributed by atoms with E-state index in [1.165, 1.54) is 13.3 Å². The molecule has 0 saturated carbocycles. The predicted molar refractivity (Wildman–Crippen MR) is 64.3 cm³/mol. The number of carboxylic acid groups (broad SMARTS) is 1. The molecule has 2 aromatic rings. The maximum absolute atomic E-state index is 10.6. The average molecular weight is 268 g/mol. The van der Waals surface area contributed by atoms with Gasteiger partial charge in [-0.05, 0) is 17.7 Å². The van der Waals surface area contributed by atoms with Crippen LogP contribution in [-0.4, -0.2) is 23.2 Å². The number of methoxy groups -OCH3 is 1. The van der Waals surface area contributed by atoms with E-state index in [0.29, 0.717) is 23.1 Å². The van der Waals surface area contributed by atoms with Gasteiger partial charge in [0.25, 0.3) is 0 Å². The molecular formula is C12H10ClNO4. The molecule has 0 atom stereocenters. The van der Waals surface area contributed by atoms with E-state index in [1.807, 2.05) is 6.07 Å². The number of ether oxygens (including phenoxy) is 1. The molecule has 0 fully saturated rings. The minimum Gasteiger partial charge on any atom is -0.495 e. The lowest BCUT2D eigenvalue weighted by atomic mass is 10.1. The largest absolute Gasteiger partial charge is 0.495 e. The van der Waals surface area contributed by atoms with Crippen LogP contribution in [-0.2, 0) is 6.42 Å². The Morgan fingerprint density at radius 1 is 1.56 bits per heavy atom. The maximum Gasteiger partial charge on any atom is 0.373 e. The van der Waals surface area contributed by atoms with Gasteiger partial charge in [-0.1, -0.05) is 17.7 Å². The van der Waals surface area contributed by atoms with Crippen LogP contribution in [0.3, 0.4) is 0 Å². The van der Waals surface area contributed by atoms with Crippen LogP contribution >= 0.6 is 11.6 Å². The number of hydrogen-bond donors (Lipinski definition) is 1. The molecule has 1 aromatic carbocycles. The Balaban J connectivity index is 2.18. The van der Waals surface area contributed by atoms with Crippen molar-refractivity contribution in [3.63, 3.8) is 0 Å². The molecule has 5 nitrogen and oxygen atoms in total. The van der Waals surface area contributed by atoms with E-state index >= 15 is 0 Å². The topological polar surface area (TPSA) is 72.6 Å². The molecule has 0 aliphatic heterocycles. The van der Waals surface area contributed by atoms with E-state index in [9.17, 15) is 4.79 Å². The van der Waals surface area contributed by atoms with Gasteiger partial charge in [-0.25, -0.2) is 9.78 Å². The Bertz CT molecular complexity index is 579. The van der Waals surface area contributed by atoms with E-state index in [-0.39, 0.29) is 5.76 Å². The van der Waals surface area contributed by atoms with Crippen molar-refractivity contribution in [2.24, 2.45) is 0 Å². The van der Waals surface area contributed by atoms with E-state index < -0.39 is 5.97 Å². The molecule has 0 spiro atoms. The van der Waals surface area contributed by atoms with E-state index in [2.05, 4.69) is 4.98 Å². The number of carbonyl (C=O) groups is 1. The Hall–Kier alpha value is -2.01. The summed E-state index contributed by atoms with van der Waals surface area (Å²) in [6, 6.07) is 5.28. The summed E-state index contributed by atoms with van der Waals surface area (Å²) in [6.45, 7) is 0. The fraction of sp³-hybridized carbons (Fsp3) is 0.167. The average Bonchev–Trinajstić information content (AvgIpc) is 2.78. The highest BCUT2D eigenvalue weighted by atomic mass is 35.5. The first kappa shape index (κ1) is 12.4. The number of rotatable bonds is 4. The summed E-state index contributed by atoms with van der Waals surface area (Å²) >= 11 is 5.98. The molecule has 0 aliphatic carbocycles. The Morgan fingerprint density at radius 2 is 2.33 bits per heavy atom. The second-order valence-electron chi connectivity index (χ2n) is 3.57. The lowest BCUT2D eigenvalue weighted by Crippen LogP contribution is -1.92. The van der Waals surface area contributed by atoms with Crippen molar-refractivity contribution in [2.75, 3.05) is 7.11 Å². The Labute approximate surface area is 108 Å². The Kier molecular flexibility index (Phi) is 3.53. The summed E-state index contributed by atoms with van der Waals surface area (Å²) in [4.78, 5) is 14.5. The van der Waals surface area contributed by atoms with E-state index in [4.69, 9.17) is 25.9 Å². The zero-order valence-electron chi connectivity index (χ0n) is 9.51. The van der Waals surface area contributed by atoms with Crippen LogP contribution in [0.2, 0.25) is 5.02 Å². The van der Waals surface area contributed by atoms with Crippen molar-refractivity contribution in [2.45, 2.75) is 6.42 Å². The summed E-state index contributed by atoms with van der Waals surface area (Å²) in [7, 11) is 1.54. The van der Waals surface area contributed by atoms with Crippen molar-refractivity contribution in [3.05, 3.63) is 46.6 Å². The van der Waals surface area contributed by atoms with Crippen molar-refractivity contribution in [3.8, 4) is 5.75 Å². The standard InChI is InChI=1S/C12H10ClNO4/c1-17-9-3-2-7(4-8(9)13)5-11-14-6-10(18-11)12(15)16/h2-4,6H,5H2,1H3,(H,15,16). The molecule has 0 aliphatic rings. The molecule has 1 aromatic heterocycles. The number of nitrogens with zero attached hydrogens (tertiary/aromatic N) is 1. The molecule has 0 amide bonds. The van der Waals surface area contributed by atoms with Crippen LogP contribution in [0, 0.1) is 0 Å². The molecule has 1 N–H and O–H groups in total. The quantitative estimate of drug-likeness (QED) is 0.922. The molecule has 2 rings (SSSR count). The number of aromatic carboxylic acids is 1. The third-order valence-corrected chi connectivity index (χ3v) is 2.63. The number of oxazole rings is 1. The smallest absolute Gasteiger partial charge is 0.373 e. The van der Waals surface area contributed by atoms with Crippen molar-refractivity contribution >= 4 is 17.6 Å². The van der Waals surface area contributed by atoms with Gasteiger partial charge in [0, 0.05) is 6.42 Å². The van der Waals surface area contributed by atoms with Crippen molar-refractivity contribution in [1.82, 2.24) is 4.98 Å². The van der Waals surface area contributed by atoms with Crippen LogP contribution in [0.5, 0.6) is 5.75 Å². The Morgan fingerprint density at radius 3 is 2.89 bits per heavy atom. The summed E-state index contributed by atoms with van der Waals surface area (Å²) in [6.07, 6.45) is 1.56. The van der Waals surface area contributed by atoms with Gasteiger partial charge < -0.3 is 14.3 Å². The van der Waals surface area contributed by atoms with Gasteiger partial charge in [-0.15, -0.1) is 0 Å². The van der Waals surface area contributed by atoms with E-state index in [0.717, 1.165) is 5.56 Å². The normalized spacial score (nSPS) is 10.3. The van der Waals surface area contributed by atoms with E-state index in [1.54, 1.807) is 12.1 Å². The van der Waals surface area contributed by atoms with Gasteiger partial charge in [0.2, 0.25) is 5.76 Å².